The third kappa shape index (κ3) is 2.69. The molecule has 2 heterocycles. The minimum atomic E-state index is 0.709. The first-order chi connectivity index (χ1) is 9.88. The summed E-state index contributed by atoms with van der Waals surface area (Å²) in [5.74, 6) is 1.74. The zero-order valence-corrected chi connectivity index (χ0v) is 12.0. The van der Waals surface area contributed by atoms with Crippen LogP contribution in [0.15, 0.2) is 47.6 Å². The number of pyridine rings is 1. The number of imidazole rings is 1. The fourth-order valence-electron chi connectivity index (χ4n) is 1.99. The highest BCUT2D eigenvalue weighted by Gasteiger charge is 2.10. The molecule has 2 aromatic heterocycles. The summed E-state index contributed by atoms with van der Waals surface area (Å²) in [4.78, 5) is 12.4. The Hall–Kier alpha value is -1.85. The average Bonchev–Trinajstić information content (AvgIpc) is 2.92. The van der Waals surface area contributed by atoms with Crippen LogP contribution in [0.1, 0.15) is 0 Å². The topological polar surface area (TPSA) is 50.8 Å². The Morgan fingerprint density at radius 3 is 2.95 bits per heavy atom. The van der Waals surface area contributed by atoms with E-state index in [1.165, 1.54) is 0 Å². The van der Waals surface area contributed by atoms with Gasteiger partial charge >= 0.3 is 0 Å². The van der Waals surface area contributed by atoms with Crippen LogP contribution in [0.2, 0.25) is 0 Å². The van der Waals surface area contributed by atoms with Crippen molar-refractivity contribution in [3.05, 3.63) is 42.6 Å². The monoisotopic (exact) mass is 285 g/mol. The van der Waals surface area contributed by atoms with E-state index < -0.39 is 0 Å². The van der Waals surface area contributed by atoms with Gasteiger partial charge in [0.15, 0.2) is 0 Å². The number of hydrogen-bond donors (Lipinski definition) is 1. The van der Waals surface area contributed by atoms with Crippen LogP contribution in [0, 0.1) is 0 Å². The molecule has 0 spiro atoms. The van der Waals surface area contributed by atoms with Crippen molar-refractivity contribution in [2.24, 2.45) is 0 Å². The minimum Gasteiger partial charge on any atom is -0.384 e. The van der Waals surface area contributed by atoms with Crippen molar-refractivity contribution in [3.8, 4) is 11.4 Å². The molecule has 5 heteroatoms. The number of rotatable bonds is 5. The molecule has 0 unspecified atom stereocenters. The second kappa shape index (κ2) is 6.07. The number of ether oxygens (including phenoxy) is 1. The summed E-state index contributed by atoms with van der Waals surface area (Å²) in [5, 5.41) is 0.976. The summed E-state index contributed by atoms with van der Waals surface area (Å²) < 4.78 is 5.09. The SMILES string of the molecule is COCCSc1ncccc1-c1nc2ccccc2[nH]1. The normalized spacial score (nSPS) is 11.1. The van der Waals surface area contributed by atoms with Crippen molar-refractivity contribution in [2.75, 3.05) is 19.5 Å². The number of H-pyrrole nitrogens is 1. The highest BCUT2D eigenvalue weighted by Crippen LogP contribution is 2.28. The standard InChI is InChI=1S/C15H15N3OS/c1-19-9-10-20-15-11(5-4-8-16-15)14-17-12-6-2-3-7-13(12)18-14/h2-8H,9-10H2,1H3,(H,17,18). The molecule has 0 aliphatic heterocycles. The second-order valence-corrected chi connectivity index (χ2v) is 5.38. The molecule has 1 aromatic carbocycles. The Kier molecular flexibility index (Phi) is 3.99. The summed E-state index contributed by atoms with van der Waals surface area (Å²) in [6.07, 6.45) is 1.81. The quantitative estimate of drug-likeness (QED) is 0.577. The fraction of sp³-hybridized carbons (Fsp3) is 0.200. The molecule has 0 aliphatic carbocycles. The number of nitrogens with zero attached hydrogens (tertiary/aromatic N) is 2. The average molecular weight is 285 g/mol. The molecule has 0 saturated heterocycles. The first kappa shape index (κ1) is 13.1. The molecule has 0 aliphatic rings. The molecule has 0 saturated carbocycles. The highest BCUT2D eigenvalue weighted by molar-refractivity contribution is 7.99. The molecule has 0 atom stereocenters. The number of para-hydroxylation sites is 2. The van der Waals surface area contributed by atoms with Gasteiger partial charge in [-0.2, -0.15) is 0 Å². The maximum Gasteiger partial charge on any atom is 0.141 e. The molecule has 4 nitrogen and oxygen atoms in total. The lowest BCUT2D eigenvalue weighted by molar-refractivity contribution is 0.218. The Morgan fingerprint density at radius 2 is 2.10 bits per heavy atom. The molecule has 0 radical (unpaired) electrons. The van der Waals surface area contributed by atoms with Gasteiger partial charge in [-0.3, -0.25) is 0 Å². The van der Waals surface area contributed by atoms with Gasteiger partial charge < -0.3 is 9.72 Å². The Bertz CT molecular complexity index is 678. The fourth-order valence-corrected chi connectivity index (χ4v) is 2.89. The lowest BCUT2D eigenvalue weighted by Crippen LogP contribution is -1.94. The van der Waals surface area contributed by atoms with E-state index in [-0.39, 0.29) is 0 Å². The molecular weight excluding hydrogens is 270 g/mol. The highest BCUT2D eigenvalue weighted by atomic mass is 32.2. The van der Waals surface area contributed by atoms with E-state index in [4.69, 9.17) is 4.74 Å². The van der Waals surface area contributed by atoms with E-state index in [2.05, 4.69) is 15.0 Å². The van der Waals surface area contributed by atoms with Crippen LogP contribution < -0.4 is 0 Å². The molecule has 0 amide bonds. The van der Waals surface area contributed by atoms with E-state index in [1.54, 1.807) is 25.1 Å². The number of hydrogen-bond acceptors (Lipinski definition) is 4. The maximum absolute atomic E-state index is 5.09. The third-order valence-electron chi connectivity index (χ3n) is 2.94. The van der Waals surface area contributed by atoms with E-state index in [9.17, 15) is 0 Å². The zero-order chi connectivity index (χ0) is 13.8. The van der Waals surface area contributed by atoms with Crippen LogP contribution in [-0.2, 0) is 4.74 Å². The van der Waals surface area contributed by atoms with Crippen molar-refractivity contribution >= 4 is 22.8 Å². The third-order valence-corrected chi connectivity index (χ3v) is 3.91. The van der Waals surface area contributed by atoms with Crippen LogP contribution >= 0.6 is 11.8 Å². The van der Waals surface area contributed by atoms with Gasteiger partial charge in [0.2, 0.25) is 0 Å². The number of aromatic amines is 1. The summed E-state index contributed by atoms with van der Waals surface area (Å²) >= 11 is 1.68. The van der Waals surface area contributed by atoms with Gasteiger partial charge in [0, 0.05) is 24.6 Å². The van der Waals surface area contributed by atoms with E-state index in [0.717, 1.165) is 33.2 Å². The number of nitrogens with one attached hydrogen (secondary N) is 1. The number of fused-ring (bicyclic) bond motifs is 1. The van der Waals surface area contributed by atoms with Gasteiger partial charge in [0.25, 0.3) is 0 Å². The Morgan fingerprint density at radius 1 is 1.20 bits per heavy atom. The van der Waals surface area contributed by atoms with E-state index >= 15 is 0 Å². The number of thioether (sulfide) groups is 1. The maximum atomic E-state index is 5.09. The van der Waals surface area contributed by atoms with Crippen molar-refractivity contribution in [2.45, 2.75) is 5.03 Å². The van der Waals surface area contributed by atoms with Gasteiger partial charge in [-0.1, -0.05) is 12.1 Å². The van der Waals surface area contributed by atoms with Crippen LogP contribution in [0.25, 0.3) is 22.4 Å². The lowest BCUT2D eigenvalue weighted by Gasteiger charge is -2.05. The summed E-state index contributed by atoms with van der Waals surface area (Å²) in [5.41, 5.74) is 3.04. The van der Waals surface area contributed by atoms with Crippen molar-refractivity contribution < 1.29 is 4.74 Å². The van der Waals surface area contributed by atoms with Crippen molar-refractivity contribution in [1.82, 2.24) is 15.0 Å². The molecule has 0 fully saturated rings. The molecule has 3 rings (SSSR count). The van der Waals surface area contributed by atoms with Gasteiger partial charge in [-0.05, 0) is 24.3 Å². The smallest absolute Gasteiger partial charge is 0.141 e. The summed E-state index contributed by atoms with van der Waals surface area (Å²) in [6.45, 7) is 0.709. The Balaban J connectivity index is 1.96. The van der Waals surface area contributed by atoms with Gasteiger partial charge in [0.05, 0.1) is 17.6 Å². The molecule has 3 aromatic rings. The number of benzene rings is 1. The lowest BCUT2D eigenvalue weighted by atomic mass is 10.3. The molecule has 102 valence electrons. The molecular formula is C15H15N3OS. The zero-order valence-electron chi connectivity index (χ0n) is 11.2. The van der Waals surface area contributed by atoms with Gasteiger partial charge in [-0.25, -0.2) is 9.97 Å². The van der Waals surface area contributed by atoms with Gasteiger partial charge in [-0.15, -0.1) is 11.8 Å². The first-order valence-corrected chi connectivity index (χ1v) is 7.39. The van der Waals surface area contributed by atoms with Crippen LogP contribution in [0.4, 0.5) is 0 Å². The Labute approximate surface area is 121 Å². The summed E-state index contributed by atoms with van der Waals surface area (Å²) in [7, 11) is 1.71. The number of aromatic nitrogens is 3. The minimum absolute atomic E-state index is 0.709. The molecule has 1 N–H and O–H groups in total. The molecule has 20 heavy (non-hydrogen) atoms. The van der Waals surface area contributed by atoms with Crippen LogP contribution in [0.5, 0.6) is 0 Å². The van der Waals surface area contributed by atoms with E-state index in [0.29, 0.717) is 6.61 Å². The predicted octanol–water partition coefficient (Wildman–Crippen LogP) is 3.36. The van der Waals surface area contributed by atoms with Crippen LogP contribution in [-0.4, -0.2) is 34.4 Å². The largest absolute Gasteiger partial charge is 0.384 e. The number of methoxy groups -OCH3 is 1. The van der Waals surface area contributed by atoms with Crippen LogP contribution in [0.3, 0.4) is 0 Å². The van der Waals surface area contributed by atoms with Crippen molar-refractivity contribution in [3.63, 3.8) is 0 Å². The van der Waals surface area contributed by atoms with Crippen molar-refractivity contribution in [1.29, 1.82) is 0 Å². The predicted molar refractivity (Wildman–Crippen MR) is 81.9 cm³/mol. The molecule has 0 bridgehead atoms. The van der Waals surface area contributed by atoms with E-state index in [1.807, 2.05) is 36.4 Å². The summed E-state index contributed by atoms with van der Waals surface area (Å²) in [6, 6.07) is 12.0. The first-order valence-electron chi connectivity index (χ1n) is 6.40. The van der Waals surface area contributed by atoms with Gasteiger partial charge in [0.1, 0.15) is 10.9 Å². The second-order valence-electron chi connectivity index (χ2n) is 4.30.